The number of carbonyl (C=O) groups excluding carboxylic acids is 2. The summed E-state index contributed by atoms with van der Waals surface area (Å²) in [4.78, 5) is 29.3. The summed E-state index contributed by atoms with van der Waals surface area (Å²) in [6, 6.07) is 7.14. The van der Waals surface area contributed by atoms with Gasteiger partial charge in [0, 0.05) is 18.7 Å². The number of hydrogen-bond donors (Lipinski definition) is 0. The fourth-order valence-electron chi connectivity index (χ4n) is 4.11. The van der Waals surface area contributed by atoms with Gasteiger partial charge >= 0.3 is 13.2 Å². The van der Waals surface area contributed by atoms with Crippen molar-refractivity contribution < 1.29 is 23.6 Å². The zero-order valence-corrected chi connectivity index (χ0v) is 20.9. The highest BCUT2D eigenvalue weighted by atomic mass is 16.7. The number of nitrogens with zero attached hydrogens (tertiary/aromatic N) is 2. The van der Waals surface area contributed by atoms with Crippen LogP contribution in [0.1, 0.15) is 72.7 Å². The molecule has 8 heteroatoms. The molecule has 2 unspecified atom stereocenters. The Morgan fingerprint density at radius 3 is 1.88 bits per heavy atom. The molecule has 1 aromatic carbocycles. The molecule has 3 rings (SSSR count). The molecule has 0 N–H and O–H groups in total. The molecule has 2 saturated heterocycles. The molecule has 2 heterocycles. The quantitative estimate of drug-likeness (QED) is 0.654. The minimum absolute atomic E-state index is 0.0481. The van der Waals surface area contributed by atoms with Crippen LogP contribution in [0, 0.1) is 0 Å². The zero-order chi connectivity index (χ0) is 24.1. The Balaban J connectivity index is 1.67. The molecule has 0 bridgehead atoms. The van der Waals surface area contributed by atoms with Gasteiger partial charge in [0.25, 0.3) is 5.91 Å². The predicted molar refractivity (Wildman–Crippen MR) is 125 cm³/mol. The van der Waals surface area contributed by atoms with E-state index in [4.69, 9.17) is 14.0 Å². The minimum Gasteiger partial charge on any atom is -0.444 e. The molecule has 0 spiro atoms. The minimum atomic E-state index is -0.553. The van der Waals surface area contributed by atoms with Crippen molar-refractivity contribution in [2.75, 3.05) is 13.1 Å². The molecule has 2 amide bonds. The van der Waals surface area contributed by atoms with Crippen LogP contribution >= 0.6 is 0 Å². The lowest BCUT2D eigenvalue weighted by Crippen LogP contribution is -2.60. The Morgan fingerprint density at radius 2 is 1.44 bits per heavy atom. The van der Waals surface area contributed by atoms with Crippen molar-refractivity contribution in [3.8, 4) is 0 Å². The summed E-state index contributed by atoms with van der Waals surface area (Å²) in [5.41, 5.74) is 0.119. The molecule has 2 aliphatic rings. The molecule has 32 heavy (non-hydrogen) atoms. The third-order valence-corrected chi connectivity index (χ3v) is 6.49. The molecule has 0 aliphatic carbocycles. The van der Waals surface area contributed by atoms with E-state index in [0.29, 0.717) is 18.7 Å². The van der Waals surface area contributed by atoms with Gasteiger partial charge in [-0.2, -0.15) is 0 Å². The van der Waals surface area contributed by atoms with E-state index < -0.39 is 23.9 Å². The molecule has 176 valence electrons. The first-order valence-electron chi connectivity index (χ1n) is 11.4. The second-order valence-electron chi connectivity index (χ2n) is 11.0. The topological polar surface area (TPSA) is 68.3 Å². The standard InChI is InChI=1S/C24H37BN2O5/c1-16-14-26(15-17(2)27(16)21(29)30-22(3,4)5)20(28)18-10-12-19(13-11-18)25-31-23(6,7)24(8,9)32-25/h10-13,16-17H,14-15H2,1-9H3. The van der Waals surface area contributed by atoms with E-state index in [9.17, 15) is 9.59 Å². The molecule has 0 aromatic heterocycles. The molecule has 7 nitrogen and oxygen atoms in total. The predicted octanol–water partition coefficient (Wildman–Crippen LogP) is 3.46. The van der Waals surface area contributed by atoms with Crippen molar-refractivity contribution in [3.05, 3.63) is 29.8 Å². The van der Waals surface area contributed by atoms with Crippen LogP contribution < -0.4 is 5.46 Å². The van der Waals surface area contributed by atoms with Crippen molar-refractivity contribution in [2.24, 2.45) is 0 Å². The molecule has 1 aromatic rings. The van der Waals surface area contributed by atoms with Gasteiger partial charge in [-0.3, -0.25) is 9.69 Å². The van der Waals surface area contributed by atoms with Crippen LogP contribution in [0.5, 0.6) is 0 Å². The average molecular weight is 444 g/mol. The Hall–Kier alpha value is -2.06. The summed E-state index contributed by atoms with van der Waals surface area (Å²) in [6.07, 6.45) is -0.337. The highest BCUT2D eigenvalue weighted by molar-refractivity contribution is 6.62. The second kappa shape index (κ2) is 8.38. The van der Waals surface area contributed by atoms with Crippen LogP contribution in [0.25, 0.3) is 0 Å². The van der Waals surface area contributed by atoms with Gasteiger partial charge in [0.05, 0.1) is 23.3 Å². The summed E-state index contributed by atoms with van der Waals surface area (Å²) in [7, 11) is -0.457. The lowest BCUT2D eigenvalue weighted by molar-refractivity contribution is -0.0129. The number of rotatable bonds is 2. The van der Waals surface area contributed by atoms with Gasteiger partial charge < -0.3 is 18.9 Å². The van der Waals surface area contributed by atoms with E-state index >= 15 is 0 Å². The third-order valence-electron chi connectivity index (χ3n) is 6.49. The average Bonchev–Trinajstić information content (AvgIpc) is 2.86. The first-order chi connectivity index (χ1) is 14.6. The van der Waals surface area contributed by atoms with Crippen LogP contribution in [0.2, 0.25) is 0 Å². The van der Waals surface area contributed by atoms with E-state index in [0.717, 1.165) is 5.46 Å². The van der Waals surface area contributed by atoms with E-state index in [2.05, 4.69) is 0 Å². The number of ether oxygens (including phenoxy) is 1. The lowest BCUT2D eigenvalue weighted by Gasteiger charge is -2.44. The van der Waals surface area contributed by atoms with Gasteiger partial charge in [0.15, 0.2) is 0 Å². The lowest BCUT2D eigenvalue weighted by atomic mass is 9.79. The molecular formula is C24H37BN2O5. The number of carbonyl (C=O) groups is 2. The SMILES string of the molecule is CC1CN(C(=O)c2ccc(B3OC(C)(C)C(C)(C)O3)cc2)CC(C)N1C(=O)OC(C)(C)C. The van der Waals surface area contributed by atoms with Gasteiger partial charge in [-0.05, 0) is 79.9 Å². The largest absolute Gasteiger partial charge is 0.494 e. The Labute approximate surface area is 192 Å². The first kappa shape index (κ1) is 24.6. The number of hydrogen-bond acceptors (Lipinski definition) is 5. The van der Waals surface area contributed by atoms with Crippen molar-refractivity contribution in [1.82, 2.24) is 9.80 Å². The smallest absolute Gasteiger partial charge is 0.444 e. The summed E-state index contributed by atoms with van der Waals surface area (Å²) in [5, 5.41) is 0. The van der Waals surface area contributed by atoms with Gasteiger partial charge in [-0.25, -0.2) is 4.79 Å². The summed E-state index contributed by atoms with van der Waals surface area (Å²) < 4.78 is 17.7. The number of piperazine rings is 1. The van der Waals surface area contributed by atoms with Crippen LogP contribution in [-0.4, -0.2) is 70.9 Å². The van der Waals surface area contributed by atoms with Crippen LogP contribution in [0.4, 0.5) is 4.79 Å². The fraction of sp³-hybridized carbons (Fsp3) is 0.667. The first-order valence-corrected chi connectivity index (χ1v) is 11.4. The highest BCUT2D eigenvalue weighted by Gasteiger charge is 2.51. The Kier molecular flexibility index (Phi) is 6.44. The summed E-state index contributed by atoms with van der Waals surface area (Å²) in [6.45, 7) is 18.4. The van der Waals surface area contributed by atoms with Crippen molar-refractivity contribution in [1.29, 1.82) is 0 Å². The Bertz CT molecular complexity index is 834. The highest BCUT2D eigenvalue weighted by Crippen LogP contribution is 2.36. The van der Waals surface area contributed by atoms with Crippen molar-refractivity contribution in [2.45, 2.75) is 91.2 Å². The van der Waals surface area contributed by atoms with E-state index in [1.807, 2.05) is 86.6 Å². The monoisotopic (exact) mass is 444 g/mol. The summed E-state index contributed by atoms with van der Waals surface area (Å²) in [5.74, 6) is -0.0481. The van der Waals surface area contributed by atoms with Gasteiger partial charge in [0.1, 0.15) is 5.60 Å². The second-order valence-corrected chi connectivity index (χ2v) is 11.0. The third kappa shape index (κ3) is 4.96. The van der Waals surface area contributed by atoms with Crippen LogP contribution in [-0.2, 0) is 14.0 Å². The van der Waals surface area contributed by atoms with Gasteiger partial charge in [-0.1, -0.05) is 12.1 Å². The fourth-order valence-corrected chi connectivity index (χ4v) is 4.11. The van der Waals surface area contributed by atoms with Crippen LogP contribution in [0.15, 0.2) is 24.3 Å². The van der Waals surface area contributed by atoms with E-state index in [1.54, 1.807) is 9.80 Å². The molecule has 0 radical (unpaired) electrons. The number of benzene rings is 1. The maximum atomic E-state index is 13.2. The molecule has 0 saturated carbocycles. The zero-order valence-electron chi connectivity index (χ0n) is 20.9. The molecular weight excluding hydrogens is 407 g/mol. The van der Waals surface area contributed by atoms with Gasteiger partial charge in [-0.15, -0.1) is 0 Å². The normalized spacial score (nSPS) is 25.1. The van der Waals surface area contributed by atoms with Crippen molar-refractivity contribution in [3.63, 3.8) is 0 Å². The van der Waals surface area contributed by atoms with E-state index in [1.165, 1.54) is 0 Å². The molecule has 2 atom stereocenters. The van der Waals surface area contributed by atoms with Crippen molar-refractivity contribution >= 4 is 24.6 Å². The molecule has 2 fully saturated rings. The van der Waals surface area contributed by atoms with E-state index in [-0.39, 0.29) is 24.1 Å². The van der Waals surface area contributed by atoms with Gasteiger partial charge in [0.2, 0.25) is 0 Å². The van der Waals surface area contributed by atoms with Crippen LogP contribution in [0.3, 0.4) is 0 Å². The maximum absolute atomic E-state index is 13.2. The Morgan fingerprint density at radius 1 is 0.969 bits per heavy atom. The maximum Gasteiger partial charge on any atom is 0.494 e. The molecule has 2 aliphatic heterocycles. The number of amides is 2. The summed E-state index contributed by atoms with van der Waals surface area (Å²) >= 11 is 0.